The molecule has 5 nitrogen and oxygen atoms in total. The number of halogens is 1. The summed E-state index contributed by atoms with van der Waals surface area (Å²) in [5.41, 5.74) is 2.05. The number of benzene rings is 1. The fourth-order valence-corrected chi connectivity index (χ4v) is 5.44. The molecule has 0 atom stereocenters. The Hall–Kier alpha value is -2.18. The highest BCUT2D eigenvalue weighted by Gasteiger charge is 2.27. The predicted octanol–water partition coefficient (Wildman–Crippen LogP) is 6.56. The average molecular weight is 458 g/mol. The van der Waals surface area contributed by atoms with Crippen molar-refractivity contribution in [3.63, 3.8) is 0 Å². The van der Waals surface area contributed by atoms with Crippen LogP contribution in [0.4, 0.5) is 5.82 Å². The summed E-state index contributed by atoms with van der Waals surface area (Å²) in [6.45, 7) is 6.91. The summed E-state index contributed by atoms with van der Waals surface area (Å²) in [5.74, 6) is 0.507. The molecule has 164 valence electrons. The Bertz CT molecular complexity index is 1060. The topological polar surface area (TPSA) is 55.3 Å². The number of fused-ring (bicyclic) bond motifs is 1. The van der Waals surface area contributed by atoms with E-state index in [-0.39, 0.29) is 23.4 Å². The number of carbonyl (C=O) groups is 1. The normalized spacial score (nSPS) is 14.9. The molecule has 0 saturated heterocycles. The fraction of sp³-hybridized carbons (Fsp3) is 0.458. The monoisotopic (exact) mass is 457 g/mol. The lowest BCUT2D eigenvalue weighted by atomic mass is 9.98. The van der Waals surface area contributed by atoms with Gasteiger partial charge in [-0.15, -0.1) is 11.3 Å². The van der Waals surface area contributed by atoms with Crippen LogP contribution in [-0.2, 0) is 11.3 Å². The molecular weight excluding hydrogens is 430 g/mol. The fourth-order valence-electron chi connectivity index (χ4n) is 4.16. The molecule has 1 aromatic carbocycles. The number of rotatable bonds is 6. The summed E-state index contributed by atoms with van der Waals surface area (Å²) >= 11 is 7.66. The zero-order valence-corrected chi connectivity index (χ0v) is 19.8. The first kappa shape index (κ1) is 22.0. The first-order valence-corrected chi connectivity index (χ1v) is 12.1. The van der Waals surface area contributed by atoms with Crippen LogP contribution >= 0.6 is 22.9 Å². The van der Waals surface area contributed by atoms with Gasteiger partial charge in [0.2, 0.25) is 5.28 Å². The molecule has 0 radical (unpaired) electrons. The molecular formula is C24H28ClN3O2S. The van der Waals surface area contributed by atoms with Gasteiger partial charge in [0, 0.05) is 12.6 Å². The smallest absolute Gasteiger partial charge is 0.348 e. The van der Waals surface area contributed by atoms with Crippen molar-refractivity contribution in [3.05, 3.63) is 51.6 Å². The molecule has 4 rings (SSSR count). The maximum atomic E-state index is 13.0. The molecule has 2 aromatic heterocycles. The first-order chi connectivity index (χ1) is 14.9. The second-order valence-corrected chi connectivity index (χ2v) is 9.76. The largest absolute Gasteiger partial charge is 0.458 e. The molecule has 0 spiro atoms. The van der Waals surface area contributed by atoms with Gasteiger partial charge >= 0.3 is 5.97 Å². The molecule has 31 heavy (non-hydrogen) atoms. The van der Waals surface area contributed by atoms with Crippen molar-refractivity contribution in [3.8, 4) is 0 Å². The molecule has 1 saturated carbocycles. The van der Waals surface area contributed by atoms with Gasteiger partial charge < -0.3 is 9.64 Å². The molecule has 1 aliphatic carbocycles. The van der Waals surface area contributed by atoms with Crippen LogP contribution in [0.3, 0.4) is 0 Å². The minimum absolute atomic E-state index is 0.0187. The maximum Gasteiger partial charge on any atom is 0.348 e. The standard InChI is InChI=1S/C24H28ClN3O2S/c1-15(2)28(14-17-10-6-4-7-11-17)21-19-16(3)20(31-22(19)27-24(25)26-21)23(29)30-18-12-8-5-9-13-18/h4,6-7,10-11,15,18H,5,8-9,12-14H2,1-3H3. The van der Waals surface area contributed by atoms with Crippen molar-refractivity contribution < 1.29 is 9.53 Å². The Morgan fingerprint density at radius 2 is 1.90 bits per heavy atom. The number of carbonyl (C=O) groups excluding carboxylic acids is 1. The highest BCUT2D eigenvalue weighted by Crippen LogP contribution is 2.38. The Labute approximate surface area is 192 Å². The second kappa shape index (κ2) is 9.53. The minimum atomic E-state index is -0.256. The van der Waals surface area contributed by atoms with E-state index >= 15 is 0 Å². The Morgan fingerprint density at radius 3 is 2.58 bits per heavy atom. The quantitative estimate of drug-likeness (QED) is 0.310. The Balaban J connectivity index is 1.72. The lowest BCUT2D eigenvalue weighted by Gasteiger charge is -2.29. The van der Waals surface area contributed by atoms with Crippen LogP contribution in [0.25, 0.3) is 10.2 Å². The number of thiophene rings is 1. The van der Waals surface area contributed by atoms with Crippen LogP contribution in [0.5, 0.6) is 0 Å². The van der Waals surface area contributed by atoms with Gasteiger partial charge in [-0.1, -0.05) is 36.8 Å². The van der Waals surface area contributed by atoms with Crippen LogP contribution in [0.1, 0.15) is 66.8 Å². The lowest BCUT2D eigenvalue weighted by Crippen LogP contribution is -2.31. The van der Waals surface area contributed by atoms with E-state index in [0.29, 0.717) is 11.4 Å². The first-order valence-electron chi connectivity index (χ1n) is 10.9. The molecule has 1 fully saturated rings. The average Bonchev–Trinajstić information content (AvgIpc) is 3.09. The molecule has 0 N–H and O–H groups in total. The zero-order chi connectivity index (χ0) is 22.0. The van der Waals surface area contributed by atoms with Crippen molar-refractivity contribution >= 4 is 44.9 Å². The van der Waals surface area contributed by atoms with Gasteiger partial charge in [-0.05, 0) is 69.2 Å². The van der Waals surface area contributed by atoms with Gasteiger partial charge in [-0.2, -0.15) is 4.98 Å². The molecule has 7 heteroatoms. The number of nitrogens with zero attached hydrogens (tertiary/aromatic N) is 3. The molecule has 0 bridgehead atoms. The van der Waals surface area contributed by atoms with Crippen LogP contribution in [0, 0.1) is 6.92 Å². The molecule has 0 aliphatic heterocycles. The minimum Gasteiger partial charge on any atom is -0.458 e. The summed E-state index contributed by atoms with van der Waals surface area (Å²) in [4.78, 5) is 25.6. The van der Waals surface area contributed by atoms with Gasteiger partial charge in [0.1, 0.15) is 21.6 Å². The number of aryl methyl sites for hydroxylation is 1. The number of anilines is 1. The van der Waals surface area contributed by atoms with E-state index in [4.69, 9.17) is 16.3 Å². The van der Waals surface area contributed by atoms with Crippen molar-refractivity contribution in [2.75, 3.05) is 4.90 Å². The van der Waals surface area contributed by atoms with Crippen LogP contribution < -0.4 is 4.90 Å². The predicted molar refractivity (Wildman–Crippen MR) is 127 cm³/mol. The summed E-state index contributed by atoms with van der Waals surface area (Å²) in [6, 6.07) is 10.5. The third-order valence-corrected chi connectivity index (χ3v) is 7.18. The number of esters is 1. The highest BCUT2D eigenvalue weighted by molar-refractivity contribution is 7.20. The maximum absolute atomic E-state index is 13.0. The lowest BCUT2D eigenvalue weighted by molar-refractivity contribution is 0.0216. The third kappa shape index (κ3) is 4.85. The van der Waals surface area contributed by atoms with E-state index < -0.39 is 0 Å². The van der Waals surface area contributed by atoms with Crippen LogP contribution in [0.15, 0.2) is 30.3 Å². The second-order valence-electron chi connectivity index (χ2n) is 8.43. The highest BCUT2D eigenvalue weighted by atomic mass is 35.5. The summed E-state index contributed by atoms with van der Waals surface area (Å²) in [5, 5.41) is 1.07. The Morgan fingerprint density at radius 1 is 1.19 bits per heavy atom. The van der Waals surface area contributed by atoms with Crippen LogP contribution in [0.2, 0.25) is 5.28 Å². The van der Waals surface area contributed by atoms with Crippen molar-refractivity contribution in [1.82, 2.24) is 9.97 Å². The van der Waals surface area contributed by atoms with E-state index in [1.54, 1.807) is 0 Å². The zero-order valence-electron chi connectivity index (χ0n) is 18.2. The summed E-state index contributed by atoms with van der Waals surface area (Å²) in [6.07, 6.45) is 5.38. The van der Waals surface area contributed by atoms with Crippen molar-refractivity contribution in [1.29, 1.82) is 0 Å². The number of hydrogen-bond acceptors (Lipinski definition) is 6. The van der Waals surface area contributed by atoms with Gasteiger partial charge in [-0.25, -0.2) is 9.78 Å². The van der Waals surface area contributed by atoms with Gasteiger partial charge in [0.15, 0.2) is 0 Å². The molecule has 1 aliphatic rings. The molecule has 0 unspecified atom stereocenters. The van der Waals surface area contributed by atoms with E-state index in [2.05, 4.69) is 40.8 Å². The SMILES string of the molecule is Cc1c(C(=O)OC2CCCCC2)sc2nc(Cl)nc(N(Cc3ccccc3)C(C)C)c12. The van der Waals surface area contributed by atoms with Gasteiger partial charge in [-0.3, -0.25) is 0 Å². The molecule has 2 heterocycles. The van der Waals surface area contributed by atoms with E-state index in [1.165, 1.54) is 23.3 Å². The number of ether oxygens (including phenoxy) is 1. The Kier molecular flexibility index (Phi) is 6.77. The van der Waals surface area contributed by atoms with E-state index in [0.717, 1.165) is 47.3 Å². The third-order valence-electron chi connectivity index (χ3n) is 5.85. The van der Waals surface area contributed by atoms with Crippen molar-refractivity contribution in [2.45, 2.75) is 71.6 Å². The number of aromatic nitrogens is 2. The van der Waals surface area contributed by atoms with Crippen molar-refractivity contribution in [2.24, 2.45) is 0 Å². The number of hydrogen-bond donors (Lipinski definition) is 0. The molecule has 0 amide bonds. The van der Waals surface area contributed by atoms with E-state index in [1.807, 2.05) is 25.1 Å². The molecule has 3 aromatic rings. The van der Waals surface area contributed by atoms with E-state index in [9.17, 15) is 4.79 Å². The summed E-state index contributed by atoms with van der Waals surface area (Å²) < 4.78 is 5.84. The van der Waals surface area contributed by atoms with Gasteiger partial charge in [0.25, 0.3) is 0 Å². The van der Waals surface area contributed by atoms with Crippen LogP contribution in [-0.4, -0.2) is 28.1 Å². The van der Waals surface area contributed by atoms with Gasteiger partial charge in [0.05, 0.1) is 5.39 Å². The summed E-state index contributed by atoms with van der Waals surface area (Å²) in [7, 11) is 0.